The molecule has 2 aliphatic rings. The van der Waals surface area contributed by atoms with Gasteiger partial charge in [-0.1, -0.05) is 32.5 Å². The van der Waals surface area contributed by atoms with Crippen LogP contribution < -0.4 is 0 Å². The molecule has 2 fully saturated rings. The van der Waals surface area contributed by atoms with E-state index in [4.69, 9.17) is 4.99 Å². The zero-order valence-electron chi connectivity index (χ0n) is 11.9. The predicted octanol–water partition coefficient (Wildman–Crippen LogP) is 3.18. The van der Waals surface area contributed by atoms with Crippen molar-refractivity contribution in [2.75, 3.05) is 12.3 Å². The Morgan fingerprint density at radius 3 is 2.89 bits per heavy atom. The number of H-pyrrole nitrogens is 1. The van der Waals surface area contributed by atoms with Gasteiger partial charge in [-0.3, -0.25) is 10.1 Å². The second-order valence-electron chi connectivity index (χ2n) is 6.46. The molecule has 0 spiro atoms. The second-order valence-corrected chi connectivity index (χ2v) is 7.54. The third-order valence-corrected chi connectivity index (χ3v) is 6.39. The van der Waals surface area contributed by atoms with Crippen molar-refractivity contribution >= 4 is 17.5 Å². The van der Waals surface area contributed by atoms with Gasteiger partial charge in [-0.2, -0.15) is 5.10 Å². The summed E-state index contributed by atoms with van der Waals surface area (Å²) in [6, 6.07) is 0. The molecule has 19 heavy (non-hydrogen) atoms. The molecule has 1 aromatic heterocycles. The summed E-state index contributed by atoms with van der Waals surface area (Å²) in [4.78, 5) is 9.01. The lowest BCUT2D eigenvalue weighted by Gasteiger charge is -2.34. The van der Waals surface area contributed by atoms with Crippen LogP contribution >= 0.6 is 11.8 Å². The number of nitrogens with one attached hydrogen (secondary N) is 1. The number of hydrogen-bond donors (Lipinski definition) is 1. The number of hydrogen-bond acceptors (Lipinski definition) is 4. The molecular formula is C14H22N4S. The molecule has 0 unspecified atom stereocenters. The van der Waals surface area contributed by atoms with E-state index in [-0.39, 0.29) is 0 Å². The summed E-state index contributed by atoms with van der Waals surface area (Å²) in [6.45, 7) is 8.16. The molecule has 0 saturated heterocycles. The molecule has 1 N–H and O–H groups in total. The number of aromatic amines is 1. The van der Waals surface area contributed by atoms with Crippen molar-refractivity contribution in [1.82, 2.24) is 15.2 Å². The van der Waals surface area contributed by atoms with Gasteiger partial charge in [0.1, 0.15) is 6.33 Å². The lowest BCUT2D eigenvalue weighted by Crippen LogP contribution is -2.32. The summed E-state index contributed by atoms with van der Waals surface area (Å²) in [7, 11) is 0. The van der Waals surface area contributed by atoms with Crippen molar-refractivity contribution in [3.05, 3.63) is 6.33 Å². The lowest BCUT2D eigenvalue weighted by atomic mass is 9.70. The van der Waals surface area contributed by atoms with Gasteiger partial charge in [0.25, 0.3) is 0 Å². The molecule has 1 aromatic rings. The van der Waals surface area contributed by atoms with Gasteiger partial charge in [0.15, 0.2) is 5.16 Å². The van der Waals surface area contributed by atoms with Crippen LogP contribution in [0.5, 0.6) is 0 Å². The van der Waals surface area contributed by atoms with Crippen LogP contribution in [0.2, 0.25) is 0 Å². The van der Waals surface area contributed by atoms with Crippen LogP contribution in [0.25, 0.3) is 0 Å². The Labute approximate surface area is 118 Å². The number of rotatable bonds is 4. The Morgan fingerprint density at radius 1 is 1.47 bits per heavy atom. The van der Waals surface area contributed by atoms with Crippen LogP contribution in [-0.4, -0.2) is 33.2 Å². The number of thioether (sulfide) groups is 1. The van der Waals surface area contributed by atoms with Crippen LogP contribution in [0.3, 0.4) is 0 Å². The molecule has 1 heterocycles. The number of nitrogens with zero attached hydrogens (tertiary/aromatic N) is 3. The molecule has 2 saturated carbocycles. The van der Waals surface area contributed by atoms with E-state index in [0.29, 0.717) is 10.8 Å². The molecule has 0 radical (unpaired) electrons. The number of fused-ring (bicyclic) bond motifs is 2. The van der Waals surface area contributed by atoms with Crippen molar-refractivity contribution in [2.24, 2.45) is 21.7 Å². The second kappa shape index (κ2) is 4.62. The first-order valence-electron chi connectivity index (χ1n) is 7.06. The molecule has 0 amide bonds. The Morgan fingerprint density at radius 2 is 2.32 bits per heavy atom. The molecule has 104 valence electrons. The fraction of sp³-hybridized carbons (Fsp3) is 0.786. The maximum atomic E-state index is 4.91. The van der Waals surface area contributed by atoms with E-state index >= 15 is 0 Å². The third kappa shape index (κ3) is 2.02. The highest BCUT2D eigenvalue weighted by molar-refractivity contribution is 7.99. The average Bonchev–Trinajstić information content (AvgIpc) is 3.00. The molecule has 5 heteroatoms. The van der Waals surface area contributed by atoms with Crippen molar-refractivity contribution in [3.8, 4) is 0 Å². The molecule has 0 aliphatic heterocycles. The van der Waals surface area contributed by atoms with Crippen LogP contribution in [0.1, 0.15) is 40.0 Å². The number of aromatic nitrogens is 3. The van der Waals surface area contributed by atoms with Gasteiger partial charge in [-0.05, 0) is 30.6 Å². The monoisotopic (exact) mass is 278 g/mol. The van der Waals surface area contributed by atoms with Gasteiger partial charge in [-0.25, -0.2) is 4.98 Å². The molecule has 2 bridgehead atoms. The first-order chi connectivity index (χ1) is 9.04. The standard InChI is InChI=1S/C14H22N4S/c1-13(2)10-4-5-14(13,3)11(8-10)15-6-7-19-12-16-9-17-18-12/h9-10H,4-8H2,1-3H3,(H,16,17,18)/t10-,14+/m1/s1. The van der Waals surface area contributed by atoms with E-state index in [0.717, 1.165) is 23.4 Å². The summed E-state index contributed by atoms with van der Waals surface area (Å²) in [5.74, 6) is 1.82. The highest BCUT2D eigenvalue weighted by Crippen LogP contribution is 2.63. The third-order valence-electron chi connectivity index (χ3n) is 5.54. The predicted molar refractivity (Wildman–Crippen MR) is 78.6 cm³/mol. The first-order valence-corrected chi connectivity index (χ1v) is 8.04. The molecule has 3 rings (SSSR count). The fourth-order valence-corrected chi connectivity index (χ4v) is 4.37. The van der Waals surface area contributed by atoms with Gasteiger partial charge in [0.05, 0.1) is 0 Å². The minimum atomic E-state index is 0.342. The van der Waals surface area contributed by atoms with E-state index in [2.05, 4.69) is 36.0 Å². The largest absolute Gasteiger partial charge is 0.293 e. The summed E-state index contributed by atoms with van der Waals surface area (Å²) in [5, 5.41) is 7.60. The normalized spacial score (nSPS) is 34.3. The van der Waals surface area contributed by atoms with E-state index < -0.39 is 0 Å². The van der Waals surface area contributed by atoms with E-state index in [1.807, 2.05) is 0 Å². The smallest absolute Gasteiger partial charge is 0.183 e. The van der Waals surface area contributed by atoms with Crippen LogP contribution in [0, 0.1) is 16.7 Å². The highest BCUT2D eigenvalue weighted by atomic mass is 32.2. The topological polar surface area (TPSA) is 53.9 Å². The van der Waals surface area contributed by atoms with E-state index in [1.54, 1.807) is 18.1 Å². The quantitative estimate of drug-likeness (QED) is 0.680. The summed E-state index contributed by atoms with van der Waals surface area (Å²) in [5.41, 5.74) is 2.24. The Bertz CT molecular complexity index is 480. The van der Waals surface area contributed by atoms with Crippen LogP contribution in [0.15, 0.2) is 16.5 Å². The number of aliphatic imine (C=N–C) groups is 1. The highest BCUT2D eigenvalue weighted by Gasteiger charge is 2.59. The zero-order valence-corrected chi connectivity index (χ0v) is 12.8. The summed E-state index contributed by atoms with van der Waals surface area (Å²) >= 11 is 1.69. The van der Waals surface area contributed by atoms with E-state index in [9.17, 15) is 0 Å². The van der Waals surface area contributed by atoms with Gasteiger partial charge in [-0.15, -0.1) is 0 Å². The average molecular weight is 278 g/mol. The van der Waals surface area contributed by atoms with Gasteiger partial charge in [0, 0.05) is 23.4 Å². The zero-order chi connectivity index (χ0) is 13.5. The Hall–Kier alpha value is -0.840. The molecule has 2 atom stereocenters. The molecule has 0 aromatic carbocycles. The lowest BCUT2D eigenvalue weighted by molar-refractivity contribution is 0.194. The Kier molecular flexibility index (Phi) is 3.20. The van der Waals surface area contributed by atoms with Crippen LogP contribution in [-0.2, 0) is 0 Å². The fourth-order valence-electron chi connectivity index (χ4n) is 3.75. The molecule has 2 aliphatic carbocycles. The van der Waals surface area contributed by atoms with Gasteiger partial charge in [0.2, 0.25) is 0 Å². The van der Waals surface area contributed by atoms with Crippen LogP contribution in [0.4, 0.5) is 0 Å². The first kappa shape index (κ1) is 13.2. The van der Waals surface area contributed by atoms with Crippen molar-refractivity contribution in [2.45, 2.75) is 45.2 Å². The SMILES string of the molecule is CC1(C)[C@@H]2CC[C@@]1(C)C(=NCCSc1ncn[nH]1)C2. The summed E-state index contributed by atoms with van der Waals surface area (Å²) < 4.78 is 0. The maximum absolute atomic E-state index is 4.91. The minimum absolute atomic E-state index is 0.342. The van der Waals surface area contributed by atoms with E-state index in [1.165, 1.54) is 25.0 Å². The van der Waals surface area contributed by atoms with Gasteiger partial charge < -0.3 is 0 Å². The molecular weight excluding hydrogens is 256 g/mol. The van der Waals surface area contributed by atoms with Gasteiger partial charge >= 0.3 is 0 Å². The Balaban J connectivity index is 1.60. The molecule has 4 nitrogen and oxygen atoms in total. The maximum Gasteiger partial charge on any atom is 0.183 e. The minimum Gasteiger partial charge on any atom is -0.293 e. The van der Waals surface area contributed by atoms with Crippen molar-refractivity contribution in [3.63, 3.8) is 0 Å². The summed E-state index contributed by atoms with van der Waals surface area (Å²) in [6.07, 6.45) is 5.47. The van der Waals surface area contributed by atoms with Crippen molar-refractivity contribution in [1.29, 1.82) is 0 Å². The van der Waals surface area contributed by atoms with Crippen molar-refractivity contribution < 1.29 is 0 Å².